The summed E-state index contributed by atoms with van der Waals surface area (Å²) in [4.78, 5) is 22.8. The van der Waals surface area contributed by atoms with E-state index in [1.807, 2.05) is 12.1 Å². The van der Waals surface area contributed by atoms with Gasteiger partial charge in [-0.05, 0) is 6.07 Å². The molecule has 2 rings (SSSR count). The molecule has 96 valence electrons. The van der Waals surface area contributed by atoms with Gasteiger partial charge in [0.1, 0.15) is 0 Å². The normalized spacial score (nSPS) is 16.3. The van der Waals surface area contributed by atoms with Gasteiger partial charge in [0.05, 0.1) is 14.2 Å². The maximum Gasteiger partial charge on any atom is 0.227 e. The van der Waals surface area contributed by atoms with Crippen molar-refractivity contribution in [1.82, 2.24) is 5.32 Å². The van der Waals surface area contributed by atoms with E-state index in [1.54, 1.807) is 20.3 Å². The molecule has 5 heteroatoms. The van der Waals surface area contributed by atoms with E-state index in [4.69, 9.17) is 9.47 Å². The first-order valence-electron chi connectivity index (χ1n) is 5.69. The molecule has 1 aromatic carbocycles. The molecule has 18 heavy (non-hydrogen) atoms. The van der Waals surface area contributed by atoms with Gasteiger partial charge in [0, 0.05) is 24.3 Å². The molecule has 0 aromatic heterocycles. The lowest BCUT2D eigenvalue weighted by Gasteiger charge is -2.23. The van der Waals surface area contributed by atoms with Crippen molar-refractivity contribution in [2.24, 2.45) is 0 Å². The minimum absolute atomic E-state index is 0.156. The number of piperidine rings is 1. The first-order valence-corrected chi connectivity index (χ1v) is 5.69. The van der Waals surface area contributed by atoms with Gasteiger partial charge < -0.3 is 9.47 Å². The van der Waals surface area contributed by atoms with Crippen molar-refractivity contribution in [2.75, 3.05) is 14.2 Å². The Bertz CT molecular complexity index is 468. The molecule has 1 aliphatic rings. The monoisotopic (exact) mass is 249 g/mol. The zero-order valence-electron chi connectivity index (χ0n) is 10.4. The van der Waals surface area contributed by atoms with Crippen molar-refractivity contribution in [2.45, 2.75) is 18.8 Å². The van der Waals surface area contributed by atoms with E-state index in [0.29, 0.717) is 11.5 Å². The second-order valence-corrected chi connectivity index (χ2v) is 4.16. The summed E-state index contributed by atoms with van der Waals surface area (Å²) in [5.41, 5.74) is 0.833. The number of benzene rings is 1. The van der Waals surface area contributed by atoms with E-state index >= 15 is 0 Å². The summed E-state index contributed by atoms with van der Waals surface area (Å²) in [5.74, 6) is 0.541. The molecule has 0 aliphatic carbocycles. The lowest BCUT2D eigenvalue weighted by molar-refractivity contribution is -0.133. The van der Waals surface area contributed by atoms with Gasteiger partial charge >= 0.3 is 0 Å². The molecular formula is C13H15NO4. The second kappa shape index (κ2) is 5.08. The van der Waals surface area contributed by atoms with Gasteiger partial charge in [0.2, 0.25) is 11.8 Å². The van der Waals surface area contributed by atoms with Crippen LogP contribution in [0.2, 0.25) is 0 Å². The molecule has 1 aromatic rings. The third-order valence-electron chi connectivity index (χ3n) is 3.02. The van der Waals surface area contributed by atoms with Crippen LogP contribution in [0.5, 0.6) is 11.5 Å². The number of para-hydroxylation sites is 1. The van der Waals surface area contributed by atoms with Crippen LogP contribution in [0.15, 0.2) is 18.2 Å². The van der Waals surface area contributed by atoms with Crippen LogP contribution in [0.25, 0.3) is 0 Å². The Morgan fingerprint density at radius 1 is 1.11 bits per heavy atom. The quantitative estimate of drug-likeness (QED) is 0.818. The molecular weight excluding hydrogens is 234 g/mol. The van der Waals surface area contributed by atoms with Crippen molar-refractivity contribution in [3.8, 4) is 11.5 Å². The predicted octanol–water partition coefficient (Wildman–Crippen LogP) is 1.22. The minimum atomic E-state index is -0.249. The van der Waals surface area contributed by atoms with E-state index in [9.17, 15) is 9.59 Å². The fourth-order valence-electron chi connectivity index (χ4n) is 2.23. The zero-order valence-corrected chi connectivity index (χ0v) is 10.4. The first-order chi connectivity index (χ1) is 8.65. The number of nitrogens with one attached hydrogen (secondary N) is 1. The number of hydrogen-bond acceptors (Lipinski definition) is 4. The molecule has 0 unspecified atom stereocenters. The van der Waals surface area contributed by atoms with Gasteiger partial charge in [-0.25, -0.2) is 0 Å². The maximum atomic E-state index is 11.4. The third kappa shape index (κ3) is 2.30. The van der Waals surface area contributed by atoms with E-state index in [1.165, 1.54) is 0 Å². The van der Waals surface area contributed by atoms with Gasteiger partial charge in [-0.1, -0.05) is 12.1 Å². The Kier molecular flexibility index (Phi) is 3.50. The SMILES string of the molecule is COc1cccc(C2CC(=O)NC(=O)C2)c1OC. The molecule has 0 bridgehead atoms. The van der Waals surface area contributed by atoms with Gasteiger partial charge in [0.15, 0.2) is 11.5 Å². The van der Waals surface area contributed by atoms with Gasteiger partial charge in [-0.2, -0.15) is 0 Å². The average molecular weight is 249 g/mol. The summed E-state index contributed by atoms with van der Waals surface area (Å²) < 4.78 is 10.5. The van der Waals surface area contributed by atoms with Crippen molar-refractivity contribution in [1.29, 1.82) is 0 Å². The highest BCUT2D eigenvalue weighted by Gasteiger charge is 2.29. The predicted molar refractivity (Wildman–Crippen MR) is 64.7 cm³/mol. The van der Waals surface area contributed by atoms with Crippen molar-refractivity contribution in [3.63, 3.8) is 0 Å². The van der Waals surface area contributed by atoms with Gasteiger partial charge in [-0.3, -0.25) is 14.9 Å². The highest BCUT2D eigenvalue weighted by molar-refractivity contribution is 5.98. The standard InChI is InChI=1S/C13H15NO4/c1-17-10-5-3-4-9(13(10)18-2)8-6-11(15)14-12(16)7-8/h3-5,8H,6-7H2,1-2H3,(H,14,15,16). The fraction of sp³-hybridized carbons (Fsp3) is 0.385. The molecule has 0 saturated carbocycles. The molecule has 1 fully saturated rings. The first kappa shape index (κ1) is 12.4. The molecule has 1 N–H and O–H groups in total. The van der Waals surface area contributed by atoms with E-state index in [0.717, 1.165) is 5.56 Å². The summed E-state index contributed by atoms with van der Waals surface area (Å²) in [6.45, 7) is 0. The summed E-state index contributed by atoms with van der Waals surface area (Å²) in [7, 11) is 3.10. The molecule has 0 spiro atoms. The molecule has 5 nitrogen and oxygen atoms in total. The number of carbonyl (C=O) groups is 2. The van der Waals surface area contributed by atoms with E-state index in [2.05, 4.69) is 5.32 Å². The molecule has 1 heterocycles. The van der Waals surface area contributed by atoms with Crippen LogP contribution in [0.4, 0.5) is 0 Å². The zero-order chi connectivity index (χ0) is 13.1. The molecule has 0 radical (unpaired) electrons. The van der Waals surface area contributed by atoms with Gasteiger partial charge in [0.25, 0.3) is 0 Å². The fourth-order valence-corrected chi connectivity index (χ4v) is 2.23. The van der Waals surface area contributed by atoms with Crippen LogP contribution < -0.4 is 14.8 Å². The number of ether oxygens (including phenoxy) is 2. The summed E-state index contributed by atoms with van der Waals surface area (Å²) >= 11 is 0. The summed E-state index contributed by atoms with van der Waals surface area (Å²) in [6, 6.07) is 5.47. The summed E-state index contributed by atoms with van der Waals surface area (Å²) in [5, 5.41) is 2.30. The Labute approximate surface area is 105 Å². The Hall–Kier alpha value is -2.04. The smallest absolute Gasteiger partial charge is 0.227 e. The Balaban J connectivity index is 2.37. The summed E-state index contributed by atoms with van der Waals surface area (Å²) in [6.07, 6.45) is 0.574. The highest BCUT2D eigenvalue weighted by Crippen LogP contribution is 2.38. The largest absolute Gasteiger partial charge is 0.493 e. The average Bonchev–Trinajstić information content (AvgIpc) is 2.36. The third-order valence-corrected chi connectivity index (χ3v) is 3.02. The Morgan fingerprint density at radius 2 is 1.78 bits per heavy atom. The molecule has 1 aliphatic heterocycles. The van der Waals surface area contributed by atoms with Crippen molar-refractivity contribution in [3.05, 3.63) is 23.8 Å². The number of rotatable bonds is 3. The minimum Gasteiger partial charge on any atom is -0.493 e. The number of methoxy groups -OCH3 is 2. The van der Waals surface area contributed by atoms with Crippen molar-refractivity contribution < 1.29 is 19.1 Å². The number of imide groups is 1. The van der Waals surface area contributed by atoms with Crippen LogP contribution in [0, 0.1) is 0 Å². The number of amides is 2. The number of hydrogen-bond donors (Lipinski definition) is 1. The molecule has 1 saturated heterocycles. The van der Waals surface area contributed by atoms with Gasteiger partial charge in [-0.15, -0.1) is 0 Å². The maximum absolute atomic E-state index is 11.4. The van der Waals surface area contributed by atoms with E-state index in [-0.39, 0.29) is 30.6 Å². The topological polar surface area (TPSA) is 64.6 Å². The number of carbonyl (C=O) groups excluding carboxylic acids is 2. The highest BCUT2D eigenvalue weighted by atomic mass is 16.5. The van der Waals surface area contributed by atoms with E-state index < -0.39 is 0 Å². The second-order valence-electron chi connectivity index (χ2n) is 4.16. The van der Waals surface area contributed by atoms with Crippen LogP contribution >= 0.6 is 0 Å². The van der Waals surface area contributed by atoms with Crippen LogP contribution in [0.1, 0.15) is 24.3 Å². The van der Waals surface area contributed by atoms with Crippen LogP contribution in [-0.2, 0) is 9.59 Å². The lowest BCUT2D eigenvalue weighted by Crippen LogP contribution is -2.37. The van der Waals surface area contributed by atoms with Crippen molar-refractivity contribution >= 4 is 11.8 Å². The molecule has 2 amide bonds. The molecule has 0 atom stereocenters. The van der Waals surface area contributed by atoms with Crippen LogP contribution in [-0.4, -0.2) is 26.0 Å². The van der Waals surface area contributed by atoms with Crippen LogP contribution in [0.3, 0.4) is 0 Å². The lowest BCUT2D eigenvalue weighted by atomic mass is 9.88. The Morgan fingerprint density at radius 3 is 2.33 bits per heavy atom.